The van der Waals surface area contributed by atoms with E-state index in [0.717, 1.165) is 35.7 Å². The molecule has 0 bridgehead atoms. The molecule has 1 amide bonds. The van der Waals surface area contributed by atoms with Crippen LogP contribution in [-0.2, 0) is 13.1 Å². The van der Waals surface area contributed by atoms with Gasteiger partial charge in [-0.15, -0.1) is 0 Å². The Hall–Kier alpha value is -3.92. The number of halogens is 4. The lowest BCUT2D eigenvalue weighted by atomic mass is 10.1. The smallest absolute Gasteiger partial charge is 0.338 e. The molecule has 11 heteroatoms. The number of carbonyl (C=O) groups excluding carboxylic acids is 1. The van der Waals surface area contributed by atoms with Gasteiger partial charge in [0.15, 0.2) is 0 Å². The van der Waals surface area contributed by atoms with E-state index >= 15 is 0 Å². The first kappa shape index (κ1) is 31.3. The van der Waals surface area contributed by atoms with Crippen molar-refractivity contribution in [1.29, 1.82) is 0 Å². The van der Waals surface area contributed by atoms with Crippen LogP contribution in [0.4, 0.5) is 8.78 Å². The topological polar surface area (TPSA) is 118 Å². The molecule has 0 fully saturated rings. The summed E-state index contributed by atoms with van der Waals surface area (Å²) in [5.74, 6) is -3.05. The van der Waals surface area contributed by atoms with E-state index in [4.69, 9.17) is 34.0 Å². The number of hydrogen-bond donors (Lipinski definition) is 3. The van der Waals surface area contributed by atoms with Crippen molar-refractivity contribution in [2.24, 2.45) is 5.73 Å². The van der Waals surface area contributed by atoms with Crippen LogP contribution in [0.3, 0.4) is 0 Å². The maximum atomic E-state index is 13.0. The van der Waals surface area contributed by atoms with Crippen molar-refractivity contribution in [3.63, 3.8) is 0 Å². The molecule has 2 heterocycles. The number of aryl methyl sites for hydroxylation is 2. The Kier molecular flexibility index (Phi) is 12.4. The summed E-state index contributed by atoms with van der Waals surface area (Å²) in [5, 5.41) is 10.9. The predicted octanol–water partition coefficient (Wildman–Crippen LogP) is 6.14. The van der Waals surface area contributed by atoms with E-state index in [9.17, 15) is 18.4 Å². The quantitative estimate of drug-likeness (QED) is 0.246. The lowest BCUT2D eigenvalue weighted by molar-refractivity contribution is 0.0695. The highest BCUT2D eigenvalue weighted by Crippen LogP contribution is 2.14. The van der Waals surface area contributed by atoms with Crippen LogP contribution in [0.25, 0.3) is 0 Å². The van der Waals surface area contributed by atoms with Crippen LogP contribution < -0.4 is 11.1 Å². The molecule has 0 atom stereocenters. The lowest BCUT2D eigenvalue weighted by Crippen LogP contribution is -2.23. The van der Waals surface area contributed by atoms with Gasteiger partial charge in [-0.2, -0.15) is 0 Å². The number of carbonyl (C=O) groups is 2. The maximum absolute atomic E-state index is 13.0. The van der Waals surface area contributed by atoms with E-state index in [2.05, 4.69) is 46.5 Å². The molecule has 204 valence electrons. The Labute approximate surface area is 234 Å². The third-order valence-corrected chi connectivity index (χ3v) is 5.62. The summed E-state index contributed by atoms with van der Waals surface area (Å²) in [6, 6.07) is 17.9. The van der Waals surface area contributed by atoms with Gasteiger partial charge in [0.05, 0.1) is 23.5 Å². The van der Waals surface area contributed by atoms with Gasteiger partial charge in [-0.1, -0.05) is 82.9 Å². The Bertz CT molecular complexity index is 1400. The van der Waals surface area contributed by atoms with Crippen molar-refractivity contribution in [1.82, 2.24) is 15.3 Å². The largest absolute Gasteiger partial charge is 0.478 e. The number of nitrogens with one attached hydrogen (secondary N) is 1. The minimum Gasteiger partial charge on any atom is -0.478 e. The zero-order valence-corrected chi connectivity index (χ0v) is 22.6. The molecule has 7 nitrogen and oxygen atoms in total. The van der Waals surface area contributed by atoms with Crippen molar-refractivity contribution in [2.75, 3.05) is 0 Å². The number of carboxylic acids is 1. The summed E-state index contributed by atoms with van der Waals surface area (Å²) >= 11 is 11.1. The summed E-state index contributed by atoms with van der Waals surface area (Å²) < 4.78 is 25.3. The number of carboxylic acid groups (broad SMARTS) is 1. The fourth-order valence-corrected chi connectivity index (χ4v) is 3.24. The molecule has 0 aliphatic rings. The van der Waals surface area contributed by atoms with Crippen LogP contribution in [0.2, 0.25) is 10.3 Å². The van der Waals surface area contributed by atoms with Gasteiger partial charge < -0.3 is 16.2 Å². The normalized spacial score (nSPS) is 9.92. The van der Waals surface area contributed by atoms with Gasteiger partial charge in [0.2, 0.25) is 0 Å². The molecule has 0 unspecified atom stereocenters. The number of nitrogens with zero attached hydrogens (tertiary/aromatic N) is 2. The molecule has 0 saturated heterocycles. The van der Waals surface area contributed by atoms with E-state index in [1.807, 2.05) is 31.2 Å². The molecular formula is C28H26Cl2F2N4O3. The number of benzene rings is 2. The monoisotopic (exact) mass is 574 g/mol. The summed E-state index contributed by atoms with van der Waals surface area (Å²) in [7, 11) is 0. The Morgan fingerprint density at radius 3 is 1.69 bits per heavy atom. The number of hydrogen-bond acceptors (Lipinski definition) is 5. The van der Waals surface area contributed by atoms with Crippen molar-refractivity contribution in [2.45, 2.75) is 26.9 Å². The van der Waals surface area contributed by atoms with Gasteiger partial charge in [0.1, 0.15) is 21.9 Å². The number of pyridine rings is 2. The molecule has 0 spiro atoms. The number of aromatic nitrogens is 2. The summed E-state index contributed by atoms with van der Waals surface area (Å²) in [6.45, 7) is 5.05. The fourth-order valence-electron chi connectivity index (χ4n) is 2.86. The molecule has 4 N–H and O–H groups in total. The first-order valence-corrected chi connectivity index (χ1v) is 12.2. The van der Waals surface area contributed by atoms with E-state index < -0.39 is 23.5 Å². The van der Waals surface area contributed by atoms with Gasteiger partial charge in [-0.3, -0.25) is 4.79 Å². The highest BCUT2D eigenvalue weighted by molar-refractivity contribution is 6.32. The SMILES string of the molecule is Cc1ccc(CN)cc1.Cc1ccc(CNC(=O)c2cc(F)cnc2Cl)cc1.O=C(O)c1cc(F)cnc1Cl. The Morgan fingerprint density at radius 1 is 0.821 bits per heavy atom. The van der Waals surface area contributed by atoms with Gasteiger partial charge in [-0.05, 0) is 37.1 Å². The summed E-state index contributed by atoms with van der Waals surface area (Å²) in [6.07, 6.45) is 1.83. The van der Waals surface area contributed by atoms with Crippen molar-refractivity contribution >= 4 is 35.1 Å². The number of amides is 1. The molecule has 0 aliphatic heterocycles. The predicted molar refractivity (Wildman–Crippen MR) is 147 cm³/mol. The van der Waals surface area contributed by atoms with Gasteiger partial charge in [-0.25, -0.2) is 23.5 Å². The Morgan fingerprint density at radius 2 is 1.26 bits per heavy atom. The minimum atomic E-state index is -1.29. The van der Waals surface area contributed by atoms with Crippen molar-refractivity contribution in [3.05, 3.63) is 128 Å². The third kappa shape index (κ3) is 10.8. The number of aromatic carboxylic acids is 1. The van der Waals surface area contributed by atoms with Gasteiger partial charge >= 0.3 is 5.97 Å². The van der Waals surface area contributed by atoms with Gasteiger partial charge in [0, 0.05) is 13.1 Å². The van der Waals surface area contributed by atoms with Crippen LogP contribution in [0, 0.1) is 25.5 Å². The second kappa shape index (κ2) is 15.5. The molecule has 0 saturated carbocycles. The lowest BCUT2D eigenvalue weighted by Gasteiger charge is -2.06. The van der Waals surface area contributed by atoms with E-state index in [1.54, 1.807) is 0 Å². The molecule has 39 heavy (non-hydrogen) atoms. The maximum Gasteiger partial charge on any atom is 0.338 e. The fraction of sp³-hybridized carbons (Fsp3) is 0.143. The minimum absolute atomic E-state index is 0.0113. The van der Waals surface area contributed by atoms with E-state index in [1.165, 1.54) is 11.1 Å². The zero-order valence-electron chi connectivity index (χ0n) is 21.1. The average Bonchev–Trinajstić information content (AvgIpc) is 2.92. The highest BCUT2D eigenvalue weighted by atomic mass is 35.5. The van der Waals surface area contributed by atoms with Crippen LogP contribution in [-0.4, -0.2) is 27.0 Å². The number of rotatable bonds is 5. The molecule has 0 radical (unpaired) electrons. The highest BCUT2D eigenvalue weighted by Gasteiger charge is 2.12. The summed E-state index contributed by atoms with van der Waals surface area (Å²) in [4.78, 5) is 29.0. The zero-order chi connectivity index (χ0) is 28.9. The molecule has 4 rings (SSSR count). The molecule has 2 aromatic heterocycles. The molecule has 0 aliphatic carbocycles. The molecular weight excluding hydrogens is 549 g/mol. The Balaban J connectivity index is 0.000000226. The second-order valence-corrected chi connectivity index (χ2v) is 8.86. The van der Waals surface area contributed by atoms with Gasteiger partial charge in [0.25, 0.3) is 5.91 Å². The number of nitrogens with two attached hydrogens (primary N) is 1. The first-order valence-electron chi connectivity index (χ1n) is 11.4. The van der Waals surface area contributed by atoms with E-state index in [-0.39, 0.29) is 21.4 Å². The van der Waals surface area contributed by atoms with Crippen LogP contribution in [0.1, 0.15) is 43.0 Å². The second-order valence-electron chi connectivity index (χ2n) is 8.15. The third-order valence-electron chi connectivity index (χ3n) is 5.02. The average molecular weight is 575 g/mol. The van der Waals surface area contributed by atoms with Crippen LogP contribution in [0.15, 0.2) is 73.1 Å². The standard InChI is InChI=1S/C14H12ClFN2O.C8H11N.C6H3ClFNO2/c1-9-2-4-10(5-3-9)7-18-14(19)12-6-11(16)8-17-13(12)15;1-7-2-4-8(6-9)5-3-7;7-5-4(6(10)11)1-3(8)2-9-5/h2-6,8H,7H2,1H3,(H,18,19);2-5H,6,9H2,1H3;1-2H,(H,10,11). The van der Waals surface area contributed by atoms with Crippen LogP contribution in [0.5, 0.6) is 0 Å². The molecule has 2 aromatic carbocycles. The summed E-state index contributed by atoms with van der Waals surface area (Å²) in [5.41, 5.74) is 9.69. The van der Waals surface area contributed by atoms with Crippen molar-refractivity contribution in [3.8, 4) is 0 Å². The van der Waals surface area contributed by atoms with Crippen LogP contribution >= 0.6 is 23.2 Å². The first-order chi connectivity index (χ1) is 18.5. The molecule has 4 aromatic rings. The van der Waals surface area contributed by atoms with Crippen molar-refractivity contribution < 1.29 is 23.5 Å². The van der Waals surface area contributed by atoms with E-state index in [0.29, 0.717) is 13.1 Å².